The third kappa shape index (κ3) is 4.20. The van der Waals surface area contributed by atoms with Gasteiger partial charge in [-0.15, -0.1) is 0 Å². The van der Waals surface area contributed by atoms with Gasteiger partial charge in [-0.1, -0.05) is 19.0 Å². The zero-order chi connectivity index (χ0) is 13.7. The number of hydrogen-bond acceptors (Lipinski definition) is 4. The van der Waals surface area contributed by atoms with E-state index in [-0.39, 0.29) is 30.0 Å². The lowest BCUT2D eigenvalue weighted by atomic mass is 10.1. The number of rotatable bonds is 6. The van der Waals surface area contributed by atoms with Gasteiger partial charge in [-0.05, 0) is 13.3 Å². The average Bonchev–Trinajstić information content (AvgIpc) is 2.75. The summed E-state index contributed by atoms with van der Waals surface area (Å²) in [6.07, 6.45) is 0.410. The van der Waals surface area contributed by atoms with E-state index in [0.29, 0.717) is 12.2 Å². The first-order chi connectivity index (χ1) is 8.40. The van der Waals surface area contributed by atoms with E-state index in [1.165, 1.54) is 0 Å². The second kappa shape index (κ2) is 6.18. The number of carbonyl (C=O) groups excluding carboxylic acids is 1. The molecule has 100 valence electrons. The molecule has 0 radical (unpaired) electrons. The summed E-state index contributed by atoms with van der Waals surface area (Å²) in [5.41, 5.74) is 0.223. The highest BCUT2D eigenvalue weighted by molar-refractivity contribution is 5.92. The van der Waals surface area contributed by atoms with Gasteiger partial charge in [-0.3, -0.25) is 9.59 Å². The Labute approximate surface area is 105 Å². The maximum atomic E-state index is 11.8. The molecule has 0 aliphatic rings. The van der Waals surface area contributed by atoms with Crippen molar-refractivity contribution in [3.8, 4) is 0 Å². The number of carboxylic acid groups (broad SMARTS) is 1. The van der Waals surface area contributed by atoms with Crippen LogP contribution in [0.1, 0.15) is 55.8 Å². The summed E-state index contributed by atoms with van der Waals surface area (Å²) < 4.78 is 5.02. The third-order valence-electron chi connectivity index (χ3n) is 2.50. The zero-order valence-corrected chi connectivity index (χ0v) is 10.8. The molecule has 2 N–H and O–H groups in total. The minimum Gasteiger partial charge on any atom is -0.481 e. The van der Waals surface area contributed by atoms with Crippen LogP contribution >= 0.6 is 0 Å². The molecule has 1 rings (SSSR count). The van der Waals surface area contributed by atoms with Crippen molar-refractivity contribution in [2.75, 3.05) is 0 Å². The molecular formula is C12H18N2O4. The van der Waals surface area contributed by atoms with Gasteiger partial charge in [0.05, 0.1) is 0 Å². The smallest absolute Gasteiger partial charge is 0.303 e. The number of hydrogen-bond donors (Lipinski definition) is 2. The van der Waals surface area contributed by atoms with E-state index in [9.17, 15) is 9.59 Å². The van der Waals surface area contributed by atoms with Crippen LogP contribution in [-0.2, 0) is 4.79 Å². The van der Waals surface area contributed by atoms with E-state index in [1.807, 2.05) is 13.8 Å². The Morgan fingerprint density at radius 1 is 1.44 bits per heavy atom. The number of nitrogens with zero attached hydrogens (tertiary/aromatic N) is 1. The van der Waals surface area contributed by atoms with Crippen LogP contribution in [-0.4, -0.2) is 28.2 Å². The summed E-state index contributed by atoms with van der Waals surface area (Å²) in [6, 6.07) is 1.39. The topological polar surface area (TPSA) is 92.4 Å². The second-order valence-corrected chi connectivity index (χ2v) is 4.58. The first-order valence-corrected chi connectivity index (χ1v) is 5.89. The van der Waals surface area contributed by atoms with E-state index in [4.69, 9.17) is 9.63 Å². The second-order valence-electron chi connectivity index (χ2n) is 4.58. The number of carboxylic acids is 1. The minimum absolute atomic E-state index is 0.0253. The average molecular weight is 254 g/mol. The van der Waals surface area contributed by atoms with Crippen molar-refractivity contribution < 1.29 is 19.2 Å². The van der Waals surface area contributed by atoms with Gasteiger partial charge in [0, 0.05) is 24.4 Å². The van der Waals surface area contributed by atoms with Crippen LogP contribution in [0, 0.1) is 0 Å². The Hall–Kier alpha value is -1.85. The first kappa shape index (κ1) is 14.2. The summed E-state index contributed by atoms with van der Waals surface area (Å²) in [6.45, 7) is 5.64. The Morgan fingerprint density at radius 3 is 2.61 bits per heavy atom. The molecule has 0 bridgehead atoms. The van der Waals surface area contributed by atoms with Crippen molar-refractivity contribution in [3.63, 3.8) is 0 Å². The molecule has 0 saturated carbocycles. The van der Waals surface area contributed by atoms with Crippen molar-refractivity contribution in [1.82, 2.24) is 10.5 Å². The molecule has 0 aliphatic heterocycles. The highest BCUT2D eigenvalue weighted by atomic mass is 16.5. The van der Waals surface area contributed by atoms with Crippen molar-refractivity contribution in [2.24, 2.45) is 0 Å². The first-order valence-electron chi connectivity index (χ1n) is 5.89. The van der Waals surface area contributed by atoms with Gasteiger partial charge in [-0.25, -0.2) is 0 Å². The van der Waals surface area contributed by atoms with E-state index < -0.39 is 5.97 Å². The van der Waals surface area contributed by atoms with Gasteiger partial charge >= 0.3 is 5.97 Å². The van der Waals surface area contributed by atoms with Crippen LogP contribution < -0.4 is 5.32 Å². The molecule has 0 fully saturated rings. The molecule has 1 amide bonds. The van der Waals surface area contributed by atoms with Gasteiger partial charge < -0.3 is 14.9 Å². The van der Waals surface area contributed by atoms with Crippen molar-refractivity contribution in [2.45, 2.75) is 45.6 Å². The Balaban J connectivity index is 2.51. The summed E-state index contributed by atoms with van der Waals surface area (Å²) in [7, 11) is 0. The zero-order valence-electron chi connectivity index (χ0n) is 10.8. The highest BCUT2D eigenvalue weighted by Crippen LogP contribution is 2.15. The maximum absolute atomic E-state index is 11.8. The molecular weight excluding hydrogens is 236 g/mol. The van der Waals surface area contributed by atoms with Gasteiger partial charge in [0.2, 0.25) is 0 Å². The lowest BCUT2D eigenvalue weighted by Gasteiger charge is -2.10. The lowest BCUT2D eigenvalue weighted by molar-refractivity contribution is -0.137. The van der Waals surface area contributed by atoms with Crippen LogP contribution in [0.15, 0.2) is 10.6 Å². The molecule has 6 nitrogen and oxygen atoms in total. The predicted octanol–water partition coefficient (Wildman–Crippen LogP) is 1.78. The maximum Gasteiger partial charge on any atom is 0.303 e. The molecule has 0 spiro atoms. The molecule has 18 heavy (non-hydrogen) atoms. The molecule has 0 aromatic carbocycles. The standard InChI is InChI=1S/C12H18N2O4/c1-7(2)10-6-9(14-18-10)12(17)13-8(3)4-5-11(15)16/h6-8H,4-5H2,1-3H3,(H,13,17)(H,15,16). The predicted molar refractivity (Wildman–Crippen MR) is 64.4 cm³/mol. The fourth-order valence-electron chi connectivity index (χ4n) is 1.38. The Bertz CT molecular complexity index is 425. The van der Waals surface area contributed by atoms with Crippen LogP contribution in [0.25, 0.3) is 0 Å². The van der Waals surface area contributed by atoms with E-state index in [2.05, 4.69) is 10.5 Å². The number of aliphatic carboxylic acids is 1. The molecule has 1 aromatic heterocycles. The summed E-state index contributed by atoms with van der Waals surface area (Å²) in [4.78, 5) is 22.2. The Kier molecular flexibility index (Phi) is 4.88. The van der Waals surface area contributed by atoms with Crippen molar-refractivity contribution >= 4 is 11.9 Å². The fraction of sp³-hybridized carbons (Fsp3) is 0.583. The highest BCUT2D eigenvalue weighted by Gasteiger charge is 2.16. The fourth-order valence-corrected chi connectivity index (χ4v) is 1.38. The quantitative estimate of drug-likeness (QED) is 0.807. The lowest BCUT2D eigenvalue weighted by Crippen LogP contribution is -2.33. The van der Waals surface area contributed by atoms with Crippen LogP contribution in [0.4, 0.5) is 0 Å². The number of amides is 1. The molecule has 0 saturated heterocycles. The minimum atomic E-state index is -0.875. The molecule has 1 heterocycles. The van der Waals surface area contributed by atoms with Gasteiger partial charge in [0.1, 0.15) is 5.76 Å². The molecule has 0 aliphatic carbocycles. The van der Waals surface area contributed by atoms with E-state index >= 15 is 0 Å². The van der Waals surface area contributed by atoms with Gasteiger partial charge in [0.15, 0.2) is 5.69 Å². The van der Waals surface area contributed by atoms with Crippen LogP contribution in [0.2, 0.25) is 0 Å². The Morgan fingerprint density at radius 2 is 2.11 bits per heavy atom. The number of carbonyl (C=O) groups is 2. The molecule has 1 unspecified atom stereocenters. The normalized spacial score (nSPS) is 12.4. The summed E-state index contributed by atoms with van der Waals surface area (Å²) in [5, 5.41) is 14.9. The summed E-state index contributed by atoms with van der Waals surface area (Å²) >= 11 is 0. The van der Waals surface area contributed by atoms with Crippen LogP contribution in [0.3, 0.4) is 0 Å². The van der Waals surface area contributed by atoms with Gasteiger partial charge in [-0.2, -0.15) is 0 Å². The molecule has 1 atom stereocenters. The molecule has 1 aromatic rings. The van der Waals surface area contributed by atoms with Crippen molar-refractivity contribution in [1.29, 1.82) is 0 Å². The monoisotopic (exact) mass is 254 g/mol. The van der Waals surface area contributed by atoms with E-state index in [0.717, 1.165) is 0 Å². The third-order valence-corrected chi connectivity index (χ3v) is 2.50. The largest absolute Gasteiger partial charge is 0.481 e. The van der Waals surface area contributed by atoms with Crippen molar-refractivity contribution in [3.05, 3.63) is 17.5 Å². The number of aromatic nitrogens is 1. The number of nitrogens with one attached hydrogen (secondary N) is 1. The van der Waals surface area contributed by atoms with Gasteiger partial charge in [0.25, 0.3) is 5.91 Å². The summed E-state index contributed by atoms with van der Waals surface area (Å²) in [5.74, 6) is -0.398. The van der Waals surface area contributed by atoms with E-state index in [1.54, 1.807) is 13.0 Å². The SMILES string of the molecule is CC(CCC(=O)O)NC(=O)c1cc(C(C)C)on1. The molecule has 6 heteroatoms. The van der Waals surface area contributed by atoms with Crippen LogP contribution in [0.5, 0.6) is 0 Å².